The second-order valence-electron chi connectivity index (χ2n) is 7.57. The van der Waals surface area contributed by atoms with E-state index in [2.05, 4.69) is 77.9 Å². The lowest BCUT2D eigenvalue weighted by atomic mass is 10.0. The Labute approximate surface area is 178 Å². The van der Waals surface area contributed by atoms with E-state index in [0.717, 1.165) is 37.2 Å². The Morgan fingerprint density at radius 3 is 2.53 bits per heavy atom. The molecule has 0 unspecified atom stereocenters. The van der Waals surface area contributed by atoms with Crippen molar-refractivity contribution in [1.82, 2.24) is 4.98 Å². The number of aromatic nitrogens is 1. The van der Waals surface area contributed by atoms with Crippen molar-refractivity contribution in [3.05, 3.63) is 102 Å². The predicted octanol–water partition coefficient (Wildman–Crippen LogP) is 6.42. The summed E-state index contributed by atoms with van der Waals surface area (Å²) in [6.07, 6.45) is 6.66. The van der Waals surface area contributed by atoms with Gasteiger partial charge in [-0.05, 0) is 52.1 Å². The van der Waals surface area contributed by atoms with Crippen LogP contribution in [0.4, 0.5) is 5.69 Å². The summed E-state index contributed by atoms with van der Waals surface area (Å²) in [6.45, 7) is 3.63. The standard InChI is InChI=1S/C27H28N2O/c1-2-6-24-13-11-22(19-29-26-9-5-15-28-20-26)18-27(24)30-16-14-21-10-12-23-7-3-4-8-25(23)17-21/h3-5,7-13,15,17-18,20,29H,2,6,14,16,19H2,1H3. The first kappa shape index (κ1) is 20.0. The molecule has 0 amide bonds. The first-order valence-corrected chi connectivity index (χ1v) is 10.7. The average molecular weight is 397 g/mol. The molecule has 0 spiro atoms. The summed E-state index contributed by atoms with van der Waals surface area (Å²) < 4.78 is 6.26. The molecule has 0 aliphatic rings. The van der Waals surface area contributed by atoms with Gasteiger partial charge in [0.15, 0.2) is 0 Å². The third-order valence-corrected chi connectivity index (χ3v) is 5.27. The first-order chi connectivity index (χ1) is 14.8. The van der Waals surface area contributed by atoms with Crippen molar-refractivity contribution in [2.24, 2.45) is 0 Å². The number of rotatable bonds is 9. The molecule has 4 rings (SSSR count). The van der Waals surface area contributed by atoms with Crippen molar-refractivity contribution in [3.63, 3.8) is 0 Å². The van der Waals surface area contributed by atoms with Crippen molar-refractivity contribution >= 4 is 16.5 Å². The topological polar surface area (TPSA) is 34.2 Å². The van der Waals surface area contributed by atoms with Crippen LogP contribution in [0.1, 0.15) is 30.0 Å². The summed E-state index contributed by atoms with van der Waals surface area (Å²) >= 11 is 0. The van der Waals surface area contributed by atoms with E-state index in [1.807, 2.05) is 18.3 Å². The number of anilines is 1. The van der Waals surface area contributed by atoms with Crippen LogP contribution in [0.15, 0.2) is 85.2 Å². The van der Waals surface area contributed by atoms with Crippen LogP contribution in [0, 0.1) is 0 Å². The highest BCUT2D eigenvalue weighted by Gasteiger charge is 2.06. The zero-order valence-electron chi connectivity index (χ0n) is 17.5. The molecular formula is C27H28N2O. The maximum atomic E-state index is 6.26. The normalized spacial score (nSPS) is 10.8. The third kappa shape index (κ3) is 5.18. The van der Waals surface area contributed by atoms with E-state index < -0.39 is 0 Å². The number of hydrogen-bond donors (Lipinski definition) is 1. The molecule has 3 nitrogen and oxygen atoms in total. The summed E-state index contributed by atoms with van der Waals surface area (Å²) in [5.41, 5.74) is 4.81. The van der Waals surface area contributed by atoms with Gasteiger partial charge in [0.05, 0.1) is 12.3 Å². The highest BCUT2D eigenvalue weighted by Crippen LogP contribution is 2.24. The second kappa shape index (κ2) is 9.93. The Hall–Kier alpha value is -3.33. The van der Waals surface area contributed by atoms with Crippen LogP contribution < -0.4 is 10.1 Å². The molecular weight excluding hydrogens is 368 g/mol. The highest BCUT2D eigenvalue weighted by molar-refractivity contribution is 5.82. The van der Waals surface area contributed by atoms with Gasteiger partial charge < -0.3 is 10.1 Å². The molecule has 0 atom stereocenters. The van der Waals surface area contributed by atoms with Gasteiger partial charge in [-0.15, -0.1) is 0 Å². The number of ether oxygens (including phenoxy) is 1. The van der Waals surface area contributed by atoms with Gasteiger partial charge >= 0.3 is 0 Å². The fourth-order valence-electron chi connectivity index (χ4n) is 3.66. The molecule has 0 fully saturated rings. The van der Waals surface area contributed by atoms with Gasteiger partial charge in [-0.1, -0.05) is 67.9 Å². The monoisotopic (exact) mass is 396 g/mol. The van der Waals surface area contributed by atoms with E-state index in [9.17, 15) is 0 Å². The summed E-state index contributed by atoms with van der Waals surface area (Å²) in [6, 6.07) is 25.7. The Kier molecular flexibility index (Phi) is 6.61. The van der Waals surface area contributed by atoms with Gasteiger partial charge in [0.25, 0.3) is 0 Å². The van der Waals surface area contributed by atoms with E-state index in [1.54, 1.807) is 6.20 Å². The molecule has 4 aromatic rings. The number of nitrogens with zero attached hydrogens (tertiary/aromatic N) is 1. The van der Waals surface area contributed by atoms with E-state index >= 15 is 0 Å². The molecule has 0 aliphatic carbocycles. The minimum atomic E-state index is 0.675. The van der Waals surface area contributed by atoms with Crippen LogP contribution in [0.3, 0.4) is 0 Å². The molecule has 0 saturated heterocycles. The van der Waals surface area contributed by atoms with E-state index in [4.69, 9.17) is 4.74 Å². The van der Waals surface area contributed by atoms with Crippen LogP contribution in [0.5, 0.6) is 5.75 Å². The summed E-state index contributed by atoms with van der Waals surface area (Å²) in [5, 5.41) is 5.98. The van der Waals surface area contributed by atoms with Crippen molar-refractivity contribution < 1.29 is 4.74 Å². The Bertz CT molecular complexity index is 1090. The van der Waals surface area contributed by atoms with Crippen molar-refractivity contribution in [1.29, 1.82) is 0 Å². The lowest BCUT2D eigenvalue weighted by molar-refractivity contribution is 0.318. The van der Waals surface area contributed by atoms with Crippen molar-refractivity contribution in [2.45, 2.75) is 32.7 Å². The largest absolute Gasteiger partial charge is 0.493 e. The molecule has 152 valence electrons. The van der Waals surface area contributed by atoms with Gasteiger partial charge in [0.2, 0.25) is 0 Å². The van der Waals surface area contributed by atoms with Crippen molar-refractivity contribution in [3.8, 4) is 5.75 Å². The first-order valence-electron chi connectivity index (χ1n) is 10.7. The molecule has 1 N–H and O–H groups in total. The zero-order chi connectivity index (χ0) is 20.6. The fraction of sp³-hybridized carbons (Fsp3) is 0.222. The van der Waals surface area contributed by atoms with Crippen LogP contribution in [0.2, 0.25) is 0 Å². The van der Waals surface area contributed by atoms with Gasteiger partial charge in [-0.2, -0.15) is 0 Å². The van der Waals surface area contributed by atoms with E-state index in [1.165, 1.54) is 27.5 Å². The number of aryl methyl sites for hydroxylation is 1. The highest BCUT2D eigenvalue weighted by atomic mass is 16.5. The molecule has 1 aromatic heterocycles. The Morgan fingerprint density at radius 2 is 1.70 bits per heavy atom. The lowest BCUT2D eigenvalue weighted by Gasteiger charge is -2.14. The number of hydrogen-bond acceptors (Lipinski definition) is 3. The van der Waals surface area contributed by atoms with Crippen LogP contribution in [0.25, 0.3) is 10.8 Å². The minimum Gasteiger partial charge on any atom is -0.493 e. The molecule has 1 heterocycles. The maximum Gasteiger partial charge on any atom is 0.122 e. The molecule has 3 heteroatoms. The quantitative estimate of drug-likeness (QED) is 0.354. The lowest BCUT2D eigenvalue weighted by Crippen LogP contribution is -2.05. The molecule has 30 heavy (non-hydrogen) atoms. The average Bonchev–Trinajstić information content (AvgIpc) is 2.80. The summed E-state index contributed by atoms with van der Waals surface area (Å²) in [7, 11) is 0. The van der Waals surface area contributed by atoms with Crippen molar-refractivity contribution in [2.75, 3.05) is 11.9 Å². The molecule has 0 aliphatic heterocycles. The molecule has 0 radical (unpaired) electrons. The van der Waals surface area contributed by atoms with Gasteiger partial charge in [-0.25, -0.2) is 0 Å². The molecule has 3 aromatic carbocycles. The Balaban J connectivity index is 1.41. The van der Waals surface area contributed by atoms with Gasteiger partial charge in [0.1, 0.15) is 5.75 Å². The maximum absolute atomic E-state index is 6.26. The van der Waals surface area contributed by atoms with E-state index in [-0.39, 0.29) is 0 Å². The minimum absolute atomic E-state index is 0.675. The molecule has 0 bridgehead atoms. The summed E-state index contributed by atoms with van der Waals surface area (Å²) in [5.74, 6) is 1.00. The number of fused-ring (bicyclic) bond motifs is 1. The SMILES string of the molecule is CCCc1ccc(CNc2cccnc2)cc1OCCc1ccc2ccccc2c1. The smallest absolute Gasteiger partial charge is 0.122 e. The van der Waals surface area contributed by atoms with E-state index in [0.29, 0.717) is 6.61 Å². The fourth-order valence-corrected chi connectivity index (χ4v) is 3.66. The zero-order valence-corrected chi connectivity index (χ0v) is 17.5. The van der Waals surface area contributed by atoms with Gasteiger partial charge in [-0.3, -0.25) is 4.98 Å². The van der Waals surface area contributed by atoms with Gasteiger partial charge in [0, 0.05) is 25.4 Å². The second-order valence-corrected chi connectivity index (χ2v) is 7.57. The van der Waals surface area contributed by atoms with Crippen LogP contribution >= 0.6 is 0 Å². The predicted molar refractivity (Wildman–Crippen MR) is 125 cm³/mol. The van der Waals surface area contributed by atoms with Crippen LogP contribution in [-0.4, -0.2) is 11.6 Å². The third-order valence-electron chi connectivity index (χ3n) is 5.27. The number of pyridine rings is 1. The Morgan fingerprint density at radius 1 is 0.833 bits per heavy atom. The molecule has 0 saturated carbocycles. The van der Waals surface area contributed by atoms with Crippen LogP contribution in [-0.2, 0) is 19.4 Å². The number of benzene rings is 3. The number of nitrogens with one attached hydrogen (secondary N) is 1. The summed E-state index contributed by atoms with van der Waals surface area (Å²) in [4.78, 5) is 4.15.